The molecule has 0 aromatic heterocycles. The lowest BCUT2D eigenvalue weighted by atomic mass is 10.2. The summed E-state index contributed by atoms with van der Waals surface area (Å²) >= 11 is 8.26. The minimum absolute atomic E-state index is 0.0451. The van der Waals surface area contributed by atoms with E-state index in [2.05, 4.69) is 32.1 Å². The molecule has 0 fully saturated rings. The number of carbonyl (C=O) groups is 2. The van der Waals surface area contributed by atoms with Crippen LogP contribution in [0.3, 0.4) is 0 Å². The van der Waals surface area contributed by atoms with Crippen molar-refractivity contribution in [2.24, 2.45) is 0 Å². The van der Waals surface area contributed by atoms with E-state index in [0.29, 0.717) is 17.1 Å². The van der Waals surface area contributed by atoms with Crippen LogP contribution in [-0.4, -0.2) is 30.6 Å². The predicted octanol–water partition coefficient (Wildman–Crippen LogP) is 2.17. The molecule has 0 aliphatic carbocycles. The first kappa shape index (κ1) is 19.7. The quantitative estimate of drug-likeness (QED) is 0.490. The van der Waals surface area contributed by atoms with E-state index >= 15 is 0 Å². The summed E-state index contributed by atoms with van der Waals surface area (Å²) in [4.78, 5) is 23.7. The minimum Gasteiger partial charge on any atom is -0.497 e. The van der Waals surface area contributed by atoms with Crippen molar-refractivity contribution in [2.75, 3.05) is 13.7 Å². The number of hydrogen-bond acceptors (Lipinski definition) is 5. The molecule has 2 aromatic carbocycles. The van der Waals surface area contributed by atoms with Crippen LogP contribution in [-0.2, 0) is 4.79 Å². The Labute approximate surface area is 164 Å². The van der Waals surface area contributed by atoms with Crippen LogP contribution >= 0.6 is 28.1 Å². The van der Waals surface area contributed by atoms with E-state index in [9.17, 15) is 9.59 Å². The van der Waals surface area contributed by atoms with Gasteiger partial charge in [0, 0.05) is 10.0 Å². The summed E-state index contributed by atoms with van der Waals surface area (Å²) in [6.07, 6.45) is 0. The van der Waals surface area contributed by atoms with E-state index in [1.807, 2.05) is 0 Å². The van der Waals surface area contributed by atoms with Gasteiger partial charge in [-0.3, -0.25) is 25.8 Å². The summed E-state index contributed by atoms with van der Waals surface area (Å²) < 4.78 is 11.3. The van der Waals surface area contributed by atoms with E-state index in [0.717, 1.165) is 4.47 Å². The molecule has 7 nitrogen and oxygen atoms in total. The van der Waals surface area contributed by atoms with Crippen LogP contribution in [0, 0.1) is 0 Å². The number of thiocarbonyl (C=S) groups is 1. The van der Waals surface area contributed by atoms with Gasteiger partial charge in [0.1, 0.15) is 11.5 Å². The van der Waals surface area contributed by atoms with Crippen molar-refractivity contribution in [1.82, 2.24) is 16.2 Å². The number of rotatable bonds is 5. The van der Waals surface area contributed by atoms with Crippen LogP contribution in [0.25, 0.3) is 0 Å². The van der Waals surface area contributed by atoms with Crippen LogP contribution in [0.15, 0.2) is 53.0 Å². The zero-order chi connectivity index (χ0) is 18.9. The number of amides is 2. The molecular weight excluding hydrogens is 422 g/mol. The van der Waals surface area contributed by atoms with Gasteiger partial charge in [0.05, 0.1) is 7.11 Å². The third-order valence-electron chi connectivity index (χ3n) is 3.08. The normalized spacial score (nSPS) is 9.77. The number of methoxy groups -OCH3 is 1. The second-order valence-corrected chi connectivity index (χ2v) is 6.25. The predicted molar refractivity (Wildman–Crippen MR) is 104 cm³/mol. The smallest absolute Gasteiger partial charge is 0.269 e. The summed E-state index contributed by atoms with van der Waals surface area (Å²) in [6, 6.07) is 13.6. The minimum atomic E-state index is -0.455. The van der Waals surface area contributed by atoms with Gasteiger partial charge in [-0.15, -0.1) is 0 Å². The molecule has 0 saturated carbocycles. The maximum Gasteiger partial charge on any atom is 0.269 e. The molecule has 0 radical (unpaired) electrons. The maximum absolute atomic E-state index is 12.0. The number of carbonyl (C=O) groups excluding carboxylic acids is 2. The first-order valence-corrected chi connectivity index (χ1v) is 8.60. The molecule has 9 heteroatoms. The molecule has 2 aromatic rings. The van der Waals surface area contributed by atoms with Gasteiger partial charge >= 0.3 is 0 Å². The highest BCUT2D eigenvalue weighted by Gasteiger charge is 2.08. The number of hydrogen-bond donors (Lipinski definition) is 3. The Morgan fingerprint density at radius 3 is 2.23 bits per heavy atom. The monoisotopic (exact) mass is 437 g/mol. The highest BCUT2D eigenvalue weighted by atomic mass is 79.9. The summed E-state index contributed by atoms with van der Waals surface area (Å²) in [6.45, 7) is -0.212. The highest BCUT2D eigenvalue weighted by Crippen LogP contribution is 2.15. The topological polar surface area (TPSA) is 88.7 Å². The molecule has 0 spiro atoms. The molecule has 0 unspecified atom stereocenters. The molecule has 26 heavy (non-hydrogen) atoms. The first-order valence-electron chi connectivity index (χ1n) is 7.40. The fourth-order valence-electron chi connectivity index (χ4n) is 1.80. The Bertz CT molecular complexity index is 782. The van der Waals surface area contributed by atoms with E-state index in [1.165, 1.54) is 7.11 Å². The number of hydrazine groups is 1. The van der Waals surface area contributed by atoms with Crippen LogP contribution in [0.1, 0.15) is 10.4 Å². The standard InChI is InChI=1S/C17H16BrN3O4S/c1-24-13-6-2-11(3-7-13)16(23)20-21-17(26)19-15(22)10-25-14-8-4-12(18)5-9-14/h2-9H,10H2,1H3,(H,20,23)(H2,19,21,22,26). The van der Waals surface area contributed by atoms with Crippen molar-refractivity contribution in [3.05, 3.63) is 58.6 Å². The largest absolute Gasteiger partial charge is 0.497 e. The van der Waals surface area contributed by atoms with Gasteiger partial charge in [0.25, 0.3) is 11.8 Å². The Balaban J connectivity index is 1.72. The van der Waals surface area contributed by atoms with E-state index < -0.39 is 11.8 Å². The van der Waals surface area contributed by atoms with Crippen molar-refractivity contribution in [2.45, 2.75) is 0 Å². The number of nitrogens with one attached hydrogen (secondary N) is 3. The first-order chi connectivity index (χ1) is 12.5. The van der Waals surface area contributed by atoms with Crippen LogP contribution in [0.2, 0.25) is 0 Å². The SMILES string of the molecule is COc1ccc(C(=O)NNC(=S)NC(=O)COc2ccc(Br)cc2)cc1. The lowest BCUT2D eigenvalue weighted by Gasteiger charge is -2.11. The molecular formula is C17H16BrN3O4S. The molecule has 2 amide bonds. The summed E-state index contributed by atoms with van der Waals surface area (Å²) in [5.41, 5.74) is 5.25. The lowest BCUT2D eigenvalue weighted by Crippen LogP contribution is -2.49. The number of ether oxygens (including phenoxy) is 2. The molecule has 136 valence electrons. The van der Waals surface area contributed by atoms with Crippen molar-refractivity contribution in [3.63, 3.8) is 0 Å². The van der Waals surface area contributed by atoms with Crippen LogP contribution < -0.4 is 25.6 Å². The van der Waals surface area contributed by atoms with Gasteiger partial charge in [-0.25, -0.2) is 0 Å². The molecule has 0 heterocycles. The molecule has 0 atom stereocenters. The molecule has 0 bridgehead atoms. The van der Waals surface area contributed by atoms with Gasteiger partial charge in [-0.05, 0) is 60.7 Å². The number of halogens is 1. The van der Waals surface area contributed by atoms with Crippen molar-refractivity contribution in [3.8, 4) is 11.5 Å². The Morgan fingerprint density at radius 1 is 1.00 bits per heavy atom. The summed E-state index contributed by atoms with van der Waals surface area (Å²) in [5, 5.41) is 2.35. The zero-order valence-corrected chi connectivity index (χ0v) is 16.1. The van der Waals surface area contributed by atoms with Crippen molar-refractivity contribution >= 4 is 45.1 Å². The third kappa shape index (κ3) is 6.34. The Kier molecular flexibility index (Phi) is 7.37. The van der Waals surface area contributed by atoms with Gasteiger partial charge in [0.15, 0.2) is 11.7 Å². The van der Waals surface area contributed by atoms with E-state index in [1.54, 1.807) is 48.5 Å². The van der Waals surface area contributed by atoms with Gasteiger partial charge in [-0.1, -0.05) is 15.9 Å². The van der Waals surface area contributed by atoms with E-state index in [4.69, 9.17) is 21.7 Å². The fourth-order valence-corrected chi connectivity index (χ4v) is 2.23. The van der Waals surface area contributed by atoms with Crippen molar-refractivity contribution < 1.29 is 19.1 Å². The van der Waals surface area contributed by atoms with E-state index in [-0.39, 0.29) is 11.7 Å². The third-order valence-corrected chi connectivity index (χ3v) is 3.81. The highest BCUT2D eigenvalue weighted by molar-refractivity contribution is 9.10. The Hall–Kier alpha value is -2.65. The fraction of sp³-hybridized carbons (Fsp3) is 0.118. The Morgan fingerprint density at radius 2 is 1.62 bits per heavy atom. The maximum atomic E-state index is 12.0. The average molecular weight is 438 g/mol. The molecule has 2 rings (SSSR count). The van der Waals surface area contributed by atoms with Crippen LogP contribution in [0.4, 0.5) is 0 Å². The zero-order valence-electron chi connectivity index (χ0n) is 13.7. The van der Waals surface area contributed by atoms with Crippen molar-refractivity contribution in [1.29, 1.82) is 0 Å². The second-order valence-electron chi connectivity index (χ2n) is 4.93. The van der Waals surface area contributed by atoms with Gasteiger partial charge in [0.2, 0.25) is 0 Å². The molecule has 3 N–H and O–H groups in total. The lowest BCUT2D eigenvalue weighted by molar-refractivity contribution is -0.121. The van der Waals surface area contributed by atoms with Gasteiger partial charge in [-0.2, -0.15) is 0 Å². The van der Waals surface area contributed by atoms with Crippen LogP contribution in [0.5, 0.6) is 11.5 Å². The summed E-state index contributed by atoms with van der Waals surface area (Å²) in [5.74, 6) is 0.331. The summed E-state index contributed by atoms with van der Waals surface area (Å²) in [7, 11) is 1.54. The second kappa shape index (κ2) is 9.73. The number of benzene rings is 2. The molecule has 0 aliphatic rings. The molecule has 0 saturated heterocycles. The van der Waals surface area contributed by atoms with Gasteiger partial charge < -0.3 is 9.47 Å². The molecule has 0 aliphatic heterocycles. The average Bonchev–Trinajstić information content (AvgIpc) is 2.65.